The Labute approximate surface area is 150 Å². The van der Waals surface area contributed by atoms with Crippen LogP contribution in [0.1, 0.15) is 34.3 Å². The Hall–Kier alpha value is -1.72. The minimum atomic E-state index is -0.521. The van der Waals surface area contributed by atoms with Crippen LogP contribution in [0.2, 0.25) is 0 Å². The third-order valence-corrected chi connectivity index (χ3v) is 4.82. The molecule has 0 spiro atoms. The Bertz CT molecular complexity index is 729. The Morgan fingerprint density at radius 1 is 1.12 bits per heavy atom. The van der Waals surface area contributed by atoms with Crippen LogP contribution in [0.25, 0.3) is 0 Å². The van der Waals surface area contributed by atoms with Crippen molar-refractivity contribution in [2.75, 3.05) is 13.1 Å². The summed E-state index contributed by atoms with van der Waals surface area (Å²) in [5, 5.41) is 2.83. The van der Waals surface area contributed by atoms with Crippen molar-refractivity contribution < 1.29 is 9.18 Å². The number of benzene rings is 2. The number of nitrogens with one attached hydrogen (secondary N) is 1. The van der Waals surface area contributed by atoms with E-state index in [0.717, 1.165) is 25.2 Å². The van der Waals surface area contributed by atoms with E-state index in [1.54, 1.807) is 6.07 Å². The highest BCUT2D eigenvalue weighted by atomic mass is 79.9. The van der Waals surface area contributed by atoms with Gasteiger partial charge in [0, 0.05) is 17.6 Å². The number of carbonyl (C=O) groups is 1. The number of likely N-dealkylation sites (tertiary alicyclic amines) is 1. The van der Waals surface area contributed by atoms with Gasteiger partial charge >= 0.3 is 0 Å². The number of amides is 1. The highest BCUT2D eigenvalue weighted by Crippen LogP contribution is 2.17. The lowest BCUT2D eigenvalue weighted by molar-refractivity contribution is 0.0946. The topological polar surface area (TPSA) is 32.3 Å². The molecule has 2 aromatic rings. The van der Waals surface area contributed by atoms with E-state index in [4.69, 9.17) is 0 Å². The second-order valence-corrected chi connectivity index (χ2v) is 6.97. The fourth-order valence-electron chi connectivity index (χ4n) is 3.01. The summed E-state index contributed by atoms with van der Waals surface area (Å²) in [5.74, 6) is -0.914. The van der Waals surface area contributed by atoms with Crippen molar-refractivity contribution in [3.05, 3.63) is 69.4 Å². The van der Waals surface area contributed by atoms with Gasteiger partial charge in [0.05, 0.1) is 5.56 Å². The van der Waals surface area contributed by atoms with Gasteiger partial charge in [-0.25, -0.2) is 4.39 Å². The molecule has 1 saturated heterocycles. The highest BCUT2D eigenvalue weighted by Gasteiger charge is 2.15. The quantitative estimate of drug-likeness (QED) is 0.832. The molecule has 24 heavy (non-hydrogen) atoms. The molecule has 1 aliphatic heterocycles. The number of carbonyl (C=O) groups excluding carboxylic acids is 1. The van der Waals surface area contributed by atoms with Crippen LogP contribution in [0.5, 0.6) is 0 Å². The van der Waals surface area contributed by atoms with E-state index in [9.17, 15) is 9.18 Å². The predicted octanol–water partition coefficient (Wildman–Crippen LogP) is 4.11. The van der Waals surface area contributed by atoms with Gasteiger partial charge < -0.3 is 5.32 Å². The van der Waals surface area contributed by atoms with Gasteiger partial charge in [0.15, 0.2) is 0 Å². The molecular weight excluding hydrogens is 371 g/mol. The van der Waals surface area contributed by atoms with Crippen LogP contribution < -0.4 is 5.32 Å². The van der Waals surface area contributed by atoms with Gasteiger partial charge in [0.2, 0.25) is 0 Å². The molecule has 0 radical (unpaired) electrons. The number of rotatable bonds is 5. The first-order chi connectivity index (χ1) is 11.6. The average molecular weight is 391 g/mol. The van der Waals surface area contributed by atoms with E-state index in [1.807, 2.05) is 18.2 Å². The molecule has 0 atom stereocenters. The van der Waals surface area contributed by atoms with Crippen molar-refractivity contribution >= 4 is 21.8 Å². The van der Waals surface area contributed by atoms with Crippen molar-refractivity contribution in [1.82, 2.24) is 10.2 Å². The zero-order valence-electron chi connectivity index (χ0n) is 13.4. The minimum Gasteiger partial charge on any atom is -0.348 e. The van der Waals surface area contributed by atoms with E-state index in [1.165, 1.54) is 30.5 Å². The van der Waals surface area contributed by atoms with E-state index in [0.29, 0.717) is 11.0 Å². The minimum absolute atomic E-state index is 0.0650. The normalized spacial score (nSPS) is 14.8. The Kier molecular flexibility index (Phi) is 5.63. The summed E-state index contributed by atoms with van der Waals surface area (Å²) in [6, 6.07) is 12.6. The molecule has 0 aliphatic carbocycles. The maximum Gasteiger partial charge on any atom is 0.254 e. The summed E-state index contributed by atoms with van der Waals surface area (Å²) in [6.07, 6.45) is 2.50. The summed E-state index contributed by atoms with van der Waals surface area (Å²) in [7, 11) is 0. The largest absolute Gasteiger partial charge is 0.348 e. The first-order valence-corrected chi connectivity index (χ1v) is 8.95. The fourth-order valence-corrected chi connectivity index (χ4v) is 3.34. The SMILES string of the molecule is O=C(NCc1ccccc1CN1CCCC1)c1ccc(Br)cc1F. The molecule has 1 amide bonds. The van der Waals surface area contributed by atoms with E-state index < -0.39 is 11.7 Å². The average Bonchev–Trinajstić information content (AvgIpc) is 3.07. The zero-order valence-corrected chi connectivity index (χ0v) is 15.0. The van der Waals surface area contributed by atoms with E-state index in [2.05, 4.69) is 32.2 Å². The van der Waals surface area contributed by atoms with Crippen molar-refractivity contribution in [2.24, 2.45) is 0 Å². The summed E-state index contributed by atoms with van der Waals surface area (Å²) < 4.78 is 14.5. The van der Waals surface area contributed by atoms with Gasteiger partial charge in [-0.05, 0) is 55.3 Å². The second kappa shape index (κ2) is 7.90. The molecule has 2 aromatic carbocycles. The maximum absolute atomic E-state index is 13.9. The lowest BCUT2D eigenvalue weighted by Crippen LogP contribution is -2.25. The van der Waals surface area contributed by atoms with Crippen LogP contribution in [0.3, 0.4) is 0 Å². The maximum atomic E-state index is 13.9. The first-order valence-electron chi connectivity index (χ1n) is 8.16. The second-order valence-electron chi connectivity index (χ2n) is 6.06. The van der Waals surface area contributed by atoms with Crippen LogP contribution in [0, 0.1) is 5.82 Å². The summed E-state index contributed by atoms with van der Waals surface area (Å²) in [5.41, 5.74) is 2.36. The van der Waals surface area contributed by atoms with E-state index in [-0.39, 0.29) is 5.56 Å². The molecule has 1 heterocycles. The number of nitrogens with zero attached hydrogens (tertiary/aromatic N) is 1. The standard InChI is InChI=1S/C19H20BrFN2O/c20-16-7-8-17(18(21)11-16)19(24)22-12-14-5-1-2-6-15(14)13-23-9-3-4-10-23/h1-2,5-8,11H,3-4,9-10,12-13H2,(H,22,24). The van der Waals surface area contributed by atoms with Crippen LogP contribution in [0.4, 0.5) is 4.39 Å². The predicted molar refractivity (Wildman–Crippen MR) is 96.2 cm³/mol. The lowest BCUT2D eigenvalue weighted by atomic mass is 10.1. The van der Waals surface area contributed by atoms with E-state index >= 15 is 0 Å². The van der Waals surface area contributed by atoms with Crippen molar-refractivity contribution in [1.29, 1.82) is 0 Å². The Balaban J connectivity index is 1.66. The van der Waals surface area contributed by atoms with Gasteiger partial charge in [-0.2, -0.15) is 0 Å². The van der Waals surface area contributed by atoms with Gasteiger partial charge in [-0.3, -0.25) is 9.69 Å². The molecule has 126 valence electrons. The van der Waals surface area contributed by atoms with Crippen molar-refractivity contribution in [2.45, 2.75) is 25.9 Å². The number of hydrogen-bond acceptors (Lipinski definition) is 2. The molecule has 1 fully saturated rings. The summed E-state index contributed by atoms with van der Waals surface area (Å²) >= 11 is 3.20. The van der Waals surface area contributed by atoms with Gasteiger partial charge in [-0.1, -0.05) is 40.2 Å². The third-order valence-electron chi connectivity index (χ3n) is 4.33. The molecule has 1 aliphatic rings. The Morgan fingerprint density at radius 3 is 2.54 bits per heavy atom. The molecule has 1 N–H and O–H groups in total. The van der Waals surface area contributed by atoms with Gasteiger partial charge in [0.1, 0.15) is 5.82 Å². The molecule has 0 unspecified atom stereocenters. The van der Waals surface area contributed by atoms with Crippen molar-refractivity contribution in [3.63, 3.8) is 0 Å². The van der Waals surface area contributed by atoms with Gasteiger partial charge in [0.25, 0.3) is 5.91 Å². The van der Waals surface area contributed by atoms with Crippen LogP contribution in [-0.4, -0.2) is 23.9 Å². The zero-order chi connectivity index (χ0) is 16.9. The summed E-state index contributed by atoms with van der Waals surface area (Å²) in [6.45, 7) is 3.56. The lowest BCUT2D eigenvalue weighted by Gasteiger charge is -2.17. The molecular formula is C19H20BrFN2O. The number of halogens is 2. The van der Waals surface area contributed by atoms with Crippen LogP contribution in [0.15, 0.2) is 46.9 Å². The smallest absolute Gasteiger partial charge is 0.254 e. The number of hydrogen-bond donors (Lipinski definition) is 1. The van der Waals surface area contributed by atoms with Gasteiger partial charge in [-0.15, -0.1) is 0 Å². The third kappa shape index (κ3) is 4.22. The fraction of sp³-hybridized carbons (Fsp3) is 0.316. The summed E-state index contributed by atoms with van der Waals surface area (Å²) in [4.78, 5) is 14.7. The molecule has 3 nitrogen and oxygen atoms in total. The van der Waals surface area contributed by atoms with Crippen molar-refractivity contribution in [3.8, 4) is 0 Å². The molecule has 5 heteroatoms. The highest BCUT2D eigenvalue weighted by molar-refractivity contribution is 9.10. The molecule has 0 bridgehead atoms. The van der Waals surface area contributed by atoms with Crippen LogP contribution >= 0.6 is 15.9 Å². The molecule has 0 aromatic heterocycles. The molecule has 3 rings (SSSR count). The molecule has 0 saturated carbocycles. The monoisotopic (exact) mass is 390 g/mol. The Morgan fingerprint density at radius 2 is 1.83 bits per heavy atom. The first kappa shape index (κ1) is 17.1. The van der Waals surface area contributed by atoms with Crippen LogP contribution in [-0.2, 0) is 13.1 Å².